The van der Waals surface area contributed by atoms with Crippen LogP contribution >= 0.6 is 0 Å². The van der Waals surface area contributed by atoms with E-state index in [1.54, 1.807) is 16.8 Å². The lowest BCUT2D eigenvalue weighted by atomic mass is 10.2. The molecule has 5 nitrogen and oxygen atoms in total. The highest BCUT2D eigenvalue weighted by molar-refractivity contribution is 5.79. The number of likely N-dealkylation sites (N-methyl/N-ethyl adjacent to an activating group) is 1. The molecule has 0 aliphatic heterocycles. The number of aliphatic carboxylic acids is 1. The van der Waals surface area contributed by atoms with Crippen LogP contribution in [0.25, 0.3) is 0 Å². The number of amides is 1. The number of hydrogen-bond acceptors (Lipinski definition) is 3. The standard InChI is InChI=1S/C12H22N2O3/c1-9(2)6-14(8-12(16)17)7-11(15)13(3)10-4-5-10/h9-10H,4-8H2,1-3H3,(H,16,17). The minimum atomic E-state index is -0.882. The van der Waals surface area contributed by atoms with Gasteiger partial charge in [0.2, 0.25) is 5.91 Å². The highest BCUT2D eigenvalue weighted by Gasteiger charge is 2.30. The number of carboxylic acid groups (broad SMARTS) is 1. The molecule has 1 fully saturated rings. The van der Waals surface area contributed by atoms with Crippen molar-refractivity contribution in [2.75, 3.05) is 26.7 Å². The van der Waals surface area contributed by atoms with Gasteiger partial charge in [-0.3, -0.25) is 14.5 Å². The molecule has 0 saturated heterocycles. The lowest BCUT2D eigenvalue weighted by Crippen LogP contribution is -2.42. The van der Waals surface area contributed by atoms with Crippen LogP contribution in [0.4, 0.5) is 0 Å². The van der Waals surface area contributed by atoms with E-state index in [0.717, 1.165) is 12.8 Å². The van der Waals surface area contributed by atoms with Gasteiger partial charge in [0.25, 0.3) is 0 Å². The van der Waals surface area contributed by atoms with Crippen LogP contribution in [-0.2, 0) is 9.59 Å². The Hall–Kier alpha value is -1.10. The third-order valence-electron chi connectivity index (χ3n) is 2.83. The van der Waals surface area contributed by atoms with Crippen LogP contribution < -0.4 is 0 Å². The van der Waals surface area contributed by atoms with Gasteiger partial charge in [0.1, 0.15) is 0 Å². The second-order valence-electron chi connectivity index (χ2n) is 5.19. The highest BCUT2D eigenvalue weighted by Crippen LogP contribution is 2.25. The smallest absolute Gasteiger partial charge is 0.317 e. The SMILES string of the molecule is CC(C)CN(CC(=O)O)CC(=O)N(C)C1CC1. The Balaban J connectivity index is 2.45. The summed E-state index contributed by atoms with van der Waals surface area (Å²) in [4.78, 5) is 26.1. The van der Waals surface area contributed by atoms with Crippen molar-refractivity contribution in [3.05, 3.63) is 0 Å². The zero-order chi connectivity index (χ0) is 13.0. The zero-order valence-corrected chi connectivity index (χ0v) is 10.8. The van der Waals surface area contributed by atoms with Crippen molar-refractivity contribution in [1.82, 2.24) is 9.80 Å². The van der Waals surface area contributed by atoms with E-state index in [0.29, 0.717) is 18.5 Å². The van der Waals surface area contributed by atoms with Gasteiger partial charge in [0.05, 0.1) is 13.1 Å². The summed E-state index contributed by atoms with van der Waals surface area (Å²) in [5.74, 6) is -0.504. The van der Waals surface area contributed by atoms with Crippen molar-refractivity contribution >= 4 is 11.9 Å². The molecule has 17 heavy (non-hydrogen) atoms. The summed E-state index contributed by atoms with van der Waals surface area (Å²) in [7, 11) is 1.80. The number of carbonyl (C=O) groups excluding carboxylic acids is 1. The molecule has 0 heterocycles. The van der Waals surface area contributed by atoms with Crippen LogP contribution in [-0.4, -0.2) is 59.5 Å². The molecule has 0 aromatic carbocycles. The molecule has 0 unspecified atom stereocenters. The van der Waals surface area contributed by atoms with Crippen LogP contribution in [0, 0.1) is 5.92 Å². The van der Waals surface area contributed by atoms with Crippen LogP contribution in [0.15, 0.2) is 0 Å². The molecule has 0 atom stereocenters. The second kappa shape index (κ2) is 6.00. The minimum absolute atomic E-state index is 0.0226. The first-order valence-electron chi connectivity index (χ1n) is 6.10. The molecule has 0 radical (unpaired) electrons. The third kappa shape index (κ3) is 5.17. The van der Waals surface area contributed by atoms with Crippen LogP contribution in [0.1, 0.15) is 26.7 Å². The summed E-state index contributed by atoms with van der Waals surface area (Å²) >= 11 is 0. The Morgan fingerprint density at radius 2 is 1.88 bits per heavy atom. The minimum Gasteiger partial charge on any atom is -0.480 e. The summed E-state index contributed by atoms with van der Waals surface area (Å²) in [6, 6.07) is 0.383. The van der Waals surface area contributed by atoms with Crippen molar-refractivity contribution in [3.8, 4) is 0 Å². The number of carbonyl (C=O) groups is 2. The second-order valence-corrected chi connectivity index (χ2v) is 5.19. The van der Waals surface area contributed by atoms with Crippen LogP contribution in [0.3, 0.4) is 0 Å². The lowest BCUT2D eigenvalue weighted by molar-refractivity contribution is -0.139. The summed E-state index contributed by atoms with van der Waals surface area (Å²) in [6.45, 7) is 4.81. The Bertz CT molecular complexity index is 287. The molecule has 1 rings (SSSR count). The van der Waals surface area contributed by atoms with Crippen molar-refractivity contribution < 1.29 is 14.7 Å². The molecule has 1 amide bonds. The normalized spacial score (nSPS) is 15.4. The Labute approximate surface area is 102 Å². The molecule has 0 bridgehead atoms. The van der Waals surface area contributed by atoms with E-state index in [2.05, 4.69) is 0 Å². The highest BCUT2D eigenvalue weighted by atomic mass is 16.4. The van der Waals surface area contributed by atoms with E-state index in [1.807, 2.05) is 13.8 Å². The quantitative estimate of drug-likeness (QED) is 0.712. The number of carboxylic acids is 1. The zero-order valence-electron chi connectivity index (χ0n) is 10.8. The van der Waals surface area contributed by atoms with E-state index >= 15 is 0 Å². The van der Waals surface area contributed by atoms with Gasteiger partial charge in [-0.25, -0.2) is 0 Å². The van der Waals surface area contributed by atoms with Crippen molar-refractivity contribution in [2.24, 2.45) is 5.92 Å². The van der Waals surface area contributed by atoms with Gasteiger partial charge in [0.15, 0.2) is 0 Å². The molecule has 1 aliphatic rings. The molecular formula is C12H22N2O3. The van der Waals surface area contributed by atoms with E-state index in [1.165, 1.54) is 0 Å². The van der Waals surface area contributed by atoms with Crippen LogP contribution in [0.5, 0.6) is 0 Å². The molecule has 5 heteroatoms. The summed E-state index contributed by atoms with van der Waals surface area (Å²) in [5.41, 5.74) is 0. The van der Waals surface area contributed by atoms with E-state index in [4.69, 9.17) is 5.11 Å². The number of rotatable bonds is 7. The van der Waals surface area contributed by atoms with Gasteiger partial charge in [-0.05, 0) is 18.8 Å². The predicted molar refractivity (Wildman–Crippen MR) is 64.7 cm³/mol. The topological polar surface area (TPSA) is 60.9 Å². The Kier molecular flexibility index (Phi) is 4.93. The largest absolute Gasteiger partial charge is 0.480 e. The maximum absolute atomic E-state index is 11.9. The first-order valence-corrected chi connectivity index (χ1v) is 6.10. The Morgan fingerprint density at radius 3 is 2.29 bits per heavy atom. The molecule has 0 spiro atoms. The van der Waals surface area contributed by atoms with Gasteiger partial charge in [-0.2, -0.15) is 0 Å². The summed E-state index contributed by atoms with van der Waals surface area (Å²) in [6.07, 6.45) is 2.15. The summed E-state index contributed by atoms with van der Waals surface area (Å²) < 4.78 is 0. The van der Waals surface area contributed by atoms with E-state index < -0.39 is 5.97 Å². The monoisotopic (exact) mass is 242 g/mol. The fraction of sp³-hybridized carbons (Fsp3) is 0.833. The molecule has 0 aromatic heterocycles. The predicted octanol–water partition coefficient (Wildman–Crippen LogP) is 0.650. The lowest BCUT2D eigenvalue weighted by Gasteiger charge is -2.25. The first kappa shape index (κ1) is 14.0. The molecule has 1 aliphatic carbocycles. The molecular weight excluding hydrogens is 220 g/mol. The van der Waals surface area contributed by atoms with Crippen molar-refractivity contribution in [3.63, 3.8) is 0 Å². The van der Waals surface area contributed by atoms with Crippen LogP contribution in [0.2, 0.25) is 0 Å². The van der Waals surface area contributed by atoms with Crippen molar-refractivity contribution in [2.45, 2.75) is 32.7 Å². The molecule has 1 N–H and O–H groups in total. The van der Waals surface area contributed by atoms with Gasteiger partial charge < -0.3 is 10.0 Å². The molecule has 1 saturated carbocycles. The van der Waals surface area contributed by atoms with Gasteiger partial charge in [0, 0.05) is 19.6 Å². The first-order chi connectivity index (χ1) is 7.90. The fourth-order valence-electron chi connectivity index (χ4n) is 1.86. The van der Waals surface area contributed by atoms with Gasteiger partial charge in [-0.1, -0.05) is 13.8 Å². The molecule has 98 valence electrons. The maximum atomic E-state index is 11.9. The number of nitrogens with zero attached hydrogens (tertiary/aromatic N) is 2. The fourth-order valence-corrected chi connectivity index (χ4v) is 1.86. The third-order valence-corrected chi connectivity index (χ3v) is 2.83. The van der Waals surface area contributed by atoms with Gasteiger partial charge >= 0.3 is 5.97 Å². The van der Waals surface area contributed by atoms with E-state index in [-0.39, 0.29) is 19.0 Å². The van der Waals surface area contributed by atoms with Gasteiger partial charge in [-0.15, -0.1) is 0 Å². The maximum Gasteiger partial charge on any atom is 0.317 e. The summed E-state index contributed by atoms with van der Waals surface area (Å²) in [5, 5.41) is 8.80. The van der Waals surface area contributed by atoms with E-state index in [9.17, 15) is 9.59 Å². The average molecular weight is 242 g/mol. The average Bonchev–Trinajstić information content (AvgIpc) is 2.97. The van der Waals surface area contributed by atoms with Crippen molar-refractivity contribution in [1.29, 1.82) is 0 Å². The molecule has 0 aromatic rings. The number of hydrogen-bond donors (Lipinski definition) is 1. The Morgan fingerprint density at radius 1 is 1.29 bits per heavy atom.